The summed E-state index contributed by atoms with van der Waals surface area (Å²) >= 11 is 6.47. The van der Waals surface area contributed by atoms with Crippen LogP contribution in [-0.4, -0.2) is 116 Å². The van der Waals surface area contributed by atoms with Crippen molar-refractivity contribution in [3.05, 3.63) is 119 Å². The highest BCUT2D eigenvalue weighted by Crippen LogP contribution is 2.35. The number of amides is 5. The number of hydrogen-bond donors (Lipinski definition) is 6. The maximum Gasteiger partial charge on any atom is 0.337 e. The van der Waals surface area contributed by atoms with Gasteiger partial charge < -0.3 is 49.7 Å². The number of carbonyl (C=O) groups is 5. The second kappa shape index (κ2) is 23.2. The van der Waals surface area contributed by atoms with Gasteiger partial charge in [0.25, 0.3) is 5.91 Å². The summed E-state index contributed by atoms with van der Waals surface area (Å²) in [6.45, 7) is 2.66. The van der Waals surface area contributed by atoms with E-state index in [4.69, 9.17) is 35.3 Å². The fraction of sp³-hybridized carbons (Fsp3) is 0.277. The van der Waals surface area contributed by atoms with Crippen LogP contribution < -0.4 is 30.7 Å². The molecule has 1 fully saturated rings. The molecule has 0 radical (unpaired) electrons. The molecule has 7 rings (SSSR count). The van der Waals surface area contributed by atoms with E-state index < -0.39 is 29.8 Å². The first-order valence-electron chi connectivity index (χ1n) is 21.3. The number of carbonyl (C=O) groups excluding carboxylic acids is 4. The maximum absolute atomic E-state index is 13.7. The summed E-state index contributed by atoms with van der Waals surface area (Å²) in [6, 6.07) is 21.8. The molecule has 1 saturated heterocycles. The number of nitrogens with zero attached hydrogens (tertiary/aromatic N) is 2. The average molecular weight is 940 g/mol. The molecular formula is C47H47ClFN7O11. The van der Waals surface area contributed by atoms with Crippen molar-refractivity contribution in [1.29, 1.82) is 0 Å². The Labute approximate surface area is 388 Å². The maximum atomic E-state index is 13.7. The van der Waals surface area contributed by atoms with Crippen molar-refractivity contribution in [3.8, 4) is 39.6 Å². The van der Waals surface area contributed by atoms with Crippen LogP contribution in [0, 0.1) is 5.82 Å². The van der Waals surface area contributed by atoms with Crippen molar-refractivity contribution in [2.24, 2.45) is 0 Å². The smallest absolute Gasteiger partial charge is 0.337 e. The summed E-state index contributed by atoms with van der Waals surface area (Å²) in [5.74, 6) is -1.25. The Morgan fingerprint density at radius 3 is 2.01 bits per heavy atom. The molecule has 6 aromatic rings. The Balaban J connectivity index is 0.693. The highest BCUT2D eigenvalue weighted by atomic mass is 35.5. The van der Waals surface area contributed by atoms with E-state index in [-0.39, 0.29) is 63.2 Å². The van der Waals surface area contributed by atoms with Crippen LogP contribution in [0.4, 0.5) is 9.18 Å². The fourth-order valence-corrected chi connectivity index (χ4v) is 7.23. The molecule has 2 aromatic heterocycles. The minimum absolute atomic E-state index is 0.152. The molecule has 350 valence electrons. The van der Waals surface area contributed by atoms with Gasteiger partial charge in [-0.25, -0.2) is 18.7 Å². The fourth-order valence-electron chi connectivity index (χ4n) is 6.95. The van der Waals surface area contributed by atoms with E-state index >= 15 is 0 Å². The number of aromatic amines is 1. The molecule has 0 aliphatic carbocycles. The number of ether oxygens (including phenoxy) is 5. The standard InChI is InChI=1S/C47H47ClFN7O11/c48-39-26-40-36(37(27-52-40)46(60)61)25-35(39)29-6-10-33(11-7-29)66-18-14-50-41(57)12-16-63-20-22-65-23-21-64-17-13-42(58)51-15-19-67-34-3-1-2-32(24-34)56-28-38(44-45(59)54-47(62)53-44)43(55-56)30-4-8-31(49)9-5-30/h1-11,24-28,44,52H,12-23H2,(H,50,57)(H,51,58)(H,60,61)(H2,53,54,59,62). The van der Waals surface area contributed by atoms with E-state index in [1.54, 1.807) is 71.5 Å². The molecule has 3 heterocycles. The van der Waals surface area contributed by atoms with Crippen LogP contribution in [0.3, 0.4) is 0 Å². The third-order valence-corrected chi connectivity index (χ3v) is 10.6. The number of imide groups is 1. The number of aromatic carboxylic acids is 1. The van der Waals surface area contributed by atoms with Gasteiger partial charge in [-0.05, 0) is 66.2 Å². The summed E-state index contributed by atoms with van der Waals surface area (Å²) in [5, 5.41) is 25.5. The van der Waals surface area contributed by atoms with Gasteiger partial charge in [0, 0.05) is 58.9 Å². The molecule has 5 amide bonds. The summed E-state index contributed by atoms with van der Waals surface area (Å²) in [5.41, 5.74) is 4.29. The Morgan fingerprint density at radius 2 is 1.39 bits per heavy atom. The highest BCUT2D eigenvalue weighted by molar-refractivity contribution is 6.34. The molecule has 1 aliphatic rings. The molecule has 4 aromatic carbocycles. The Kier molecular flexibility index (Phi) is 16.5. The van der Waals surface area contributed by atoms with Crippen molar-refractivity contribution in [1.82, 2.24) is 36.0 Å². The lowest BCUT2D eigenvalue weighted by Gasteiger charge is -2.10. The first-order valence-corrected chi connectivity index (χ1v) is 21.6. The van der Waals surface area contributed by atoms with E-state index in [2.05, 4.69) is 31.3 Å². The van der Waals surface area contributed by atoms with Gasteiger partial charge in [0.2, 0.25) is 11.8 Å². The van der Waals surface area contributed by atoms with Crippen molar-refractivity contribution in [2.75, 3.05) is 65.9 Å². The van der Waals surface area contributed by atoms with E-state index in [9.17, 15) is 33.5 Å². The monoisotopic (exact) mass is 939 g/mol. The molecular weight excluding hydrogens is 893 g/mol. The van der Waals surface area contributed by atoms with Crippen molar-refractivity contribution >= 4 is 52.2 Å². The molecule has 1 unspecified atom stereocenters. The van der Waals surface area contributed by atoms with Gasteiger partial charge in [-0.1, -0.05) is 29.8 Å². The molecule has 0 spiro atoms. The van der Waals surface area contributed by atoms with Crippen LogP contribution in [0.5, 0.6) is 11.5 Å². The number of H-pyrrole nitrogens is 1. The number of nitrogens with one attached hydrogen (secondary N) is 5. The van der Waals surface area contributed by atoms with Crippen LogP contribution in [0.2, 0.25) is 5.02 Å². The van der Waals surface area contributed by atoms with Crippen LogP contribution in [0.25, 0.3) is 39.0 Å². The van der Waals surface area contributed by atoms with Gasteiger partial charge in [-0.2, -0.15) is 5.10 Å². The Morgan fingerprint density at radius 1 is 0.761 bits per heavy atom. The number of hydrogen-bond acceptors (Lipinski definition) is 11. The van der Waals surface area contributed by atoms with Crippen molar-refractivity contribution < 1.29 is 57.2 Å². The van der Waals surface area contributed by atoms with Crippen LogP contribution in [0.15, 0.2) is 97.3 Å². The molecule has 20 heteroatoms. The van der Waals surface area contributed by atoms with Crippen LogP contribution >= 0.6 is 11.6 Å². The zero-order valence-corrected chi connectivity index (χ0v) is 36.7. The quantitative estimate of drug-likeness (QED) is 0.0305. The van der Waals surface area contributed by atoms with Gasteiger partial charge in [0.15, 0.2) is 0 Å². The lowest BCUT2D eigenvalue weighted by Crippen LogP contribution is -2.29. The highest BCUT2D eigenvalue weighted by Gasteiger charge is 2.34. The summed E-state index contributed by atoms with van der Waals surface area (Å²) < 4.78 is 43.3. The topological polar surface area (TPSA) is 233 Å². The molecule has 1 aliphatic heterocycles. The minimum Gasteiger partial charge on any atom is -0.492 e. The SMILES string of the molecule is O=C(CCOCCOCCOCCC(=O)NCCOc1cccc(-n2cc(C3NC(=O)NC3=O)c(-c3ccc(F)cc3)n2)c1)NCCOc1ccc(-c2cc3c(C(=O)O)c[nH]c3cc2Cl)cc1. The number of carboxylic acid groups (broad SMARTS) is 1. The molecule has 1 atom stereocenters. The van der Waals surface area contributed by atoms with Crippen molar-refractivity contribution in [3.63, 3.8) is 0 Å². The molecule has 18 nitrogen and oxygen atoms in total. The number of benzene rings is 4. The van der Waals surface area contributed by atoms with E-state index in [0.717, 1.165) is 5.56 Å². The largest absolute Gasteiger partial charge is 0.492 e. The van der Waals surface area contributed by atoms with Gasteiger partial charge >= 0.3 is 12.0 Å². The molecule has 0 bridgehead atoms. The molecule has 6 N–H and O–H groups in total. The predicted octanol–water partition coefficient (Wildman–Crippen LogP) is 5.58. The van der Waals surface area contributed by atoms with Crippen LogP contribution in [-0.2, 0) is 28.6 Å². The van der Waals surface area contributed by atoms with E-state index in [1.165, 1.54) is 18.3 Å². The van der Waals surface area contributed by atoms with Gasteiger partial charge in [-0.15, -0.1) is 0 Å². The molecule has 67 heavy (non-hydrogen) atoms. The summed E-state index contributed by atoms with van der Waals surface area (Å²) in [7, 11) is 0. The van der Waals surface area contributed by atoms with E-state index in [0.29, 0.717) is 88.5 Å². The number of halogens is 2. The zero-order chi connectivity index (χ0) is 47.1. The lowest BCUT2D eigenvalue weighted by molar-refractivity contribution is -0.123. The van der Waals surface area contributed by atoms with Gasteiger partial charge in [0.05, 0.1) is 74.7 Å². The summed E-state index contributed by atoms with van der Waals surface area (Å²) in [4.78, 5) is 63.3. The molecule has 0 saturated carbocycles. The lowest BCUT2D eigenvalue weighted by atomic mass is 10.0. The normalized spacial score (nSPS) is 13.3. The first kappa shape index (κ1) is 47.6. The number of carboxylic acids is 1. The van der Waals surface area contributed by atoms with Gasteiger partial charge in [-0.3, -0.25) is 19.7 Å². The van der Waals surface area contributed by atoms with Crippen molar-refractivity contribution in [2.45, 2.75) is 18.9 Å². The second-order valence-corrected chi connectivity index (χ2v) is 15.3. The Hall–Kier alpha value is -7.32. The zero-order valence-electron chi connectivity index (χ0n) is 36.0. The van der Waals surface area contributed by atoms with Crippen LogP contribution in [0.1, 0.15) is 34.8 Å². The second-order valence-electron chi connectivity index (χ2n) is 14.9. The number of rotatable bonds is 25. The number of fused-ring (bicyclic) bond motifs is 1. The minimum atomic E-state index is -1.03. The third-order valence-electron chi connectivity index (χ3n) is 10.3. The third kappa shape index (κ3) is 13.2. The summed E-state index contributed by atoms with van der Waals surface area (Å²) in [6.07, 6.45) is 3.40. The Bertz CT molecular complexity index is 2690. The average Bonchev–Trinajstić information content (AvgIpc) is 4.04. The van der Waals surface area contributed by atoms with Gasteiger partial charge in [0.1, 0.15) is 36.6 Å². The number of urea groups is 1. The first-order chi connectivity index (χ1) is 32.5. The number of aromatic nitrogens is 3. The van der Waals surface area contributed by atoms with E-state index in [1.807, 2.05) is 12.1 Å². The predicted molar refractivity (Wildman–Crippen MR) is 243 cm³/mol.